The van der Waals surface area contributed by atoms with Gasteiger partial charge in [0.1, 0.15) is 17.2 Å². The molecule has 2 spiro atoms. The van der Waals surface area contributed by atoms with Gasteiger partial charge in [0.25, 0.3) is 0 Å². The summed E-state index contributed by atoms with van der Waals surface area (Å²) in [6, 6.07) is 0. The van der Waals surface area contributed by atoms with Gasteiger partial charge in [-0.05, 0) is 33.6 Å². The number of nitrogens with zero attached hydrogens (tertiary/aromatic N) is 2. The highest BCUT2D eigenvalue weighted by molar-refractivity contribution is 6.61. The first-order valence-corrected chi connectivity index (χ1v) is 11.7. The van der Waals surface area contributed by atoms with Crippen LogP contribution < -0.4 is 0 Å². The minimum absolute atomic E-state index is 0.0913. The Morgan fingerprint density at radius 3 is 1.44 bits per heavy atom. The summed E-state index contributed by atoms with van der Waals surface area (Å²) in [5, 5.41) is 0. The number of halogens is 1. The molecule has 0 unspecified atom stereocenters. The molecular weight excluding hydrogens is 468 g/mol. The molecule has 2 heterocycles. The van der Waals surface area contributed by atoms with E-state index in [9.17, 15) is 24.0 Å². The van der Waals surface area contributed by atoms with E-state index in [-0.39, 0.29) is 23.0 Å². The molecule has 2 saturated heterocycles. The van der Waals surface area contributed by atoms with E-state index in [1.54, 1.807) is 9.80 Å². The van der Waals surface area contributed by atoms with Crippen LogP contribution in [-0.4, -0.2) is 85.0 Å². The Kier molecular flexibility index (Phi) is 8.96. The van der Waals surface area contributed by atoms with E-state index >= 15 is 0 Å². The number of ether oxygens (including phenoxy) is 3. The fraction of sp³-hybridized carbons (Fsp3) is 0.783. The van der Waals surface area contributed by atoms with E-state index in [1.165, 1.54) is 14.2 Å². The Labute approximate surface area is 205 Å². The van der Waals surface area contributed by atoms with Gasteiger partial charge in [-0.3, -0.25) is 9.59 Å². The first-order chi connectivity index (χ1) is 15.7. The first kappa shape index (κ1) is 27.9. The molecule has 0 aromatic carbocycles. The summed E-state index contributed by atoms with van der Waals surface area (Å²) in [6.07, 6.45) is 4.02. The van der Waals surface area contributed by atoms with Crippen LogP contribution >= 0.6 is 11.6 Å². The van der Waals surface area contributed by atoms with Crippen LogP contribution in [-0.2, 0) is 23.8 Å². The number of carbonyl (C=O) groups is 5. The molecule has 2 aliphatic carbocycles. The quantitative estimate of drug-likeness (QED) is 0.362. The highest BCUT2D eigenvalue weighted by atomic mass is 35.5. The van der Waals surface area contributed by atoms with Crippen LogP contribution in [0.25, 0.3) is 0 Å². The number of carbonyl (C=O) groups excluding carboxylic acids is 5. The molecule has 2 amide bonds. The second-order valence-corrected chi connectivity index (χ2v) is 10.8. The van der Waals surface area contributed by atoms with Crippen molar-refractivity contribution in [3.8, 4) is 0 Å². The van der Waals surface area contributed by atoms with Gasteiger partial charge >= 0.3 is 17.6 Å². The lowest BCUT2D eigenvalue weighted by atomic mass is 9.78. The van der Waals surface area contributed by atoms with E-state index in [0.717, 1.165) is 12.8 Å². The smallest absolute Gasteiger partial charge is 0.410 e. The fourth-order valence-electron chi connectivity index (χ4n) is 4.78. The Hall–Kier alpha value is -2.36. The average Bonchev–Trinajstić information content (AvgIpc) is 3.28. The van der Waals surface area contributed by atoms with Gasteiger partial charge in [0, 0.05) is 74.3 Å². The third-order valence-corrected chi connectivity index (χ3v) is 6.52. The number of hydrogen-bond acceptors (Lipinski definition) is 8. The largest absolute Gasteiger partial charge is 0.457 e. The molecule has 2 saturated carbocycles. The number of rotatable bonds is 0. The third kappa shape index (κ3) is 7.58. The molecule has 10 nitrogen and oxygen atoms in total. The molecule has 0 N–H and O–H groups in total. The van der Waals surface area contributed by atoms with Crippen molar-refractivity contribution in [3.63, 3.8) is 0 Å². The lowest BCUT2D eigenvalue weighted by Gasteiger charge is -2.47. The monoisotopic (exact) mass is 502 g/mol. The number of likely N-dealkylation sites (tertiary alicyclic amines) is 2. The maximum atomic E-state index is 11.7. The minimum Gasteiger partial charge on any atom is -0.457 e. The van der Waals surface area contributed by atoms with Gasteiger partial charge in [0.2, 0.25) is 0 Å². The topological polar surface area (TPSA) is 120 Å². The average molecular weight is 503 g/mol. The Morgan fingerprint density at radius 1 is 0.794 bits per heavy atom. The highest BCUT2D eigenvalue weighted by Crippen LogP contribution is 2.45. The Bertz CT molecular complexity index is 810. The molecule has 11 heteroatoms. The van der Waals surface area contributed by atoms with Crippen molar-refractivity contribution in [1.82, 2.24) is 9.80 Å². The molecule has 34 heavy (non-hydrogen) atoms. The summed E-state index contributed by atoms with van der Waals surface area (Å²) in [5.74, 6) is 0.674. The number of ketones is 2. The van der Waals surface area contributed by atoms with Gasteiger partial charge in [0.05, 0.1) is 14.2 Å². The summed E-state index contributed by atoms with van der Waals surface area (Å²) in [4.78, 5) is 57.7. The fourth-order valence-corrected chi connectivity index (χ4v) is 4.78. The molecule has 0 bridgehead atoms. The van der Waals surface area contributed by atoms with Crippen LogP contribution in [0.5, 0.6) is 0 Å². The predicted octanol–water partition coefficient (Wildman–Crippen LogP) is 3.78. The zero-order valence-electron chi connectivity index (χ0n) is 20.6. The van der Waals surface area contributed by atoms with E-state index < -0.39 is 11.0 Å². The SMILES string of the molecule is CC(C)(C)OC(=O)N1CC2(CCC(=O)C2)C1.COC(=O)Cl.COC(=O)N1CC2(CCC(=O)C2)C1. The minimum atomic E-state index is -0.773. The van der Waals surface area contributed by atoms with Gasteiger partial charge in [-0.25, -0.2) is 14.4 Å². The lowest BCUT2D eigenvalue weighted by molar-refractivity contribution is -0.119. The second-order valence-electron chi connectivity index (χ2n) is 10.5. The van der Waals surface area contributed by atoms with E-state index in [0.29, 0.717) is 63.4 Å². The summed E-state index contributed by atoms with van der Waals surface area (Å²) in [5.41, 5.74) is -1.00. The van der Waals surface area contributed by atoms with Crippen molar-refractivity contribution >= 4 is 40.8 Å². The lowest BCUT2D eigenvalue weighted by Crippen LogP contribution is -2.58. The Balaban J connectivity index is 0.000000204. The van der Waals surface area contributed by atoms with Gasteiger partial charge < -0.3 is 24.0 Å². The van der Waals surface area contributed by atoms with Crippen molar-refractivity contribution in [1.29, 1.82) is 0 Å². The van der Waals surface area contributed by atoms with Gasteiger partial charge in [-0.15, -0.1) is 0 Å². The maximum absolute atomic E-state index is 11.7. The Morgan fingerprint density at radius 2 is 1.18 bits per heavy atom. The van der Waals surface area contributed by atoms with Crippen molar-refractivity contribution < 1.29 is 38.2 Å². The molecule has 0 atom stereocenters. The van der Waals surface area contributed by atoms with Crippen LogP contribution in [0.1, 0.15) is 59.3 Å². The van der Waals surface area contributed by atoms with Gasteiger partial charge in [-0.1, -0.05) is 0 Å². The predicted molar refractivity (Wildman–Crippen MR) is 123 cm³/mol. The van der Waals surface area contributed by atoms with Crippen LogP contribution in [0.15, 0.2) is 0 Å². The number of amides is 2. The summed E-state index contributed by atoms with van der Waals surface area (Å²) < 4.78 is 13.7. The van der Waals surface area contributed by atoms with Gasteiger partial charge in [-0.2, -0.15) is 0 Å². The van der Waals surface area contributed by atoms with Crippen LogP contribution in [0.3, 0.4) is 0 Å². The number of hydrogen-bond donors (Lipinski definition) is 0. The van der Waals surface area contributed by atoms with Crippen LogP contribution in [0.2, 0.25) is 0 Å². The van der Waals surface area contributed by atoms with E-state index in [1.807, 2.05) is 20.8 Å². The zero-order chi connectivity index (χ0) is 25.7. The van der Waals surface area contributed by atoms with Crippen LogP contribution in [0.4, 0.5) is 14.4 Å². The molecule has 0 aromatic heterocycles. The normalized spacial score (nSPS) is 21.5. The van der Waals surface area contributed by atoms with Crippen molar-refractivity contribution in [2.75, 3.05) is 40.4 Å². The maximum Gasteiger partial charge on any atom is 0.410 e. The van der Waals surface area contributed by atoms with E-state index in [4.69, 9.17) is 4.74 Å². The molecule has 192 valence electrons. The highest BCUT2D eigenvalue weighted by Gasteiger charge is 2.51. The molecule has 2 aliphatic heterocycles. The summed E-state index contributed by atoms with van der Waals surface area (Å²) in [6.45, 7) is 8.36. The number of Topliss-reactive ketones (excluding diaryl/α,β-unsaturated/α-hetero) is 2. The molecule has 4 rings (SSSR count). The second kappa shape index (κ2) is 10.9. The molecule has 4 fully saturated rings. The standard InChI is InChI=1S/C12H19NO3.C9H13NO3.C2H3ClO2/c1-11(2,3)16-10(15)13-7-12(8-13)5-4-9(14)6-12;1-13-8(12)10-5-9(6-10)3-2-7(11)4-9;1-5-2(3)4/h4-8H2,1-3H3;2-6H2,1H3;1H3. The zero-order valence-corrected chi connectivity index (χ0v) is 21.4. The third-order valence-electron chi connectivity index (χ3n) is 6.36. The molecule has 4 aliphatic rings. The molecule has 0 aromatic rings. The van der Waals surface area contributed by atoms with Crippen molar-refractivity contribution in [2.24, 2.45) is 10.8 Å². The van der Waals surface area contributed by atoms with Crippen LogP contribution in [0, 0.1) is 10.8 Å². The summed E-state index contributed by atoms with van der Waals surface area (Å²) >= 11 is 4.60. The van der Waals surface area contributed by atoms with Crippen molar-refractivity contribution in [3.05, 3.63) is 0 Å². The number of methoxy groups -OCH3 is 2. The van der Waals surface area contributed by atoms with Gasteiger partial charge in [0.15, 0.2) is 0 Å². The summed E-state index contributed by atoms with van der Waals surface area (Å²) in [7, 11) is 2.60. The van der Waals surface area contributed by atoms with E-state index in [2.05, 4.69) is 21.1 Å². The van der Waals surface area contributed by atoms with Crippen molar-refractivity contribution in [2.45, 2.75) is 64.9 Å². The molecule has 0 radical (unpaired) electrons. The molecular formula is C23H35ClN2O8. The first-order valence-electron chi connectivity index (χ1n) is 11.3.